The van der Waals surface area contributed by atoms with Crippen LogP contribution in [-0.2, 0) is 0 Å². The molecule has 1 saturated carbocycles. The minimum absolute atomic E-state index is 0.633. The first-order chi connectivity index (χ1) is 7.79. The third-order valence-electron chi connectivity index (χ3n) is 3.10. The summed E-state index contributed by atoms with van der Waals surface area (Å²) in [7, 11) is 0. The van der Waals surface area contributed by atoms with Gasteiger partial charge < -0.3 is 11.1 Å². The van der Waals surface area contributed by atoms with Crippen LogP contribution in [-0.4, -0.2) is 17.0 Å². The molecular weight excluding hydrogens is 216 g/mol. The topological polar surface area (TPSA) is 38.0 Å². The molecule has 2 rings (SSSR count). The summed E-state index contributed by atoms with van der Waals surface area (Å²) in [5.74, 6) is 1.21. The Balaban J connectivity index is 1.95. The van der Waals surface area contributed by atoms with Gasteiger partial charge in [-0.1, -0.05) is 13.3 Å². The predicted octanol–water partition coefficient (Wildman–Crippen LogP) is 3.35. The van der Waals surface area contributed by atoms with Crippen LogP contribution in [0.25, 0.3) is 0 Å². The van der Waals surface area contributed by atoms with Crippen molar-refractivity contribution >= 4 is 23.1 Å². The quantitative estimate of drug-likeness (QED) is 0.787. The summed E-state index contributed by atoms with van der Waals surface area (Å²) in [4.78, 5) is 0. The highest BCUT2D eigenvalue weighted by atomic mass is 32.2. The van der Waals surface area contributed by atoms with Crippen molar-refractivity contribution in [1.29, 1.82) is 0 Å². The van der Waals surface area contributed by atoms with Crippen LogP contribution in [0.3, 0.4) is 0 Å². The maximum Gasteiger partial charge on any atom is 0.0380 e. The molecule has 0 spiro atoms. The summed E-state index contributed by atoms with van der Waals surface area (Å²) >= 11 is 2.08. The number of nitrogen functional groups attached to an aromatic ring is 1. The summed E-state index contributed by atoms with van der Waals surface area (Å²) in [5, 5.41) is 4.41. The molecule has 1 aromatic rings. The number of hydrogen-bond donors (Lipinski definition) is 2. The molecule has 0 aliphatic heterocycles. The average molecular weight is 236 g/mol. The van der Waals surface area contributed by atoms with Gasteiger partial charge in [0.15, 0.2) is 0 Å². The van der Waals surface area contributed by atoms with E-state index in [1.165, 1.54) is 30.7 Å². The zero-order valence-electron chi connectivity index (χ0n) is 9.78. The van der Waals surface area contributed by atoms with E-state index in [2.05, 4.69) is 36.1 Å². The smallest absolute Gasteiger partial charge is 0.0380 e. The molecule has 16 heavy (non-hydrogen) atoms. The summed E-state index contributed by atoms with van der Waals surface area (Å²) in [5.41, 5.74) is 7.71. The first kappa shape index (κ1) is 11.6. The van der Waals surface area contributed by atoms with E-state index in [9.17, 15) is 0 Å². The molecule has 0 radical (unpaired) electrons. The van der Waals surface area contributed by atoms with E-state index in [0.717, 1.165) is 10.9 Å². The number of anilines is 2. The number of nitrogens with one attached hydrogen (secondary N) is 1. The van der Waals surface area contributed by atoms with Gasteiger partial charge in [-0.2, -0.15) is 11.8 Å². The van der Waals surface area contributed by atoms with Gasteiger partial charge in [0.25, 0.3) is 0 Å². The summed E-state index contributed by atoms with van der Waals surface area (Å²) in [6.07, 6.45) is 4.00. The summed E-state index contributed by atoms with van der Waals surface area (Å²) in [6, 6.07) is 8.69. The Morgan fingerprint density at radius 3 is 2.75 bits per heavy atom. The van der Waals surface area contributed by atoms with Crippen molar-refractivity contribution in [3.63, 3.8) is 0 Å². The molecule has 0 bridgehead atoms. The monoisotopic (exact) mass is 236 g/mol. The number of rotatable bonds is 4. The highest BCUT2D eigenvalue weighted by Gasteiger charge is 2.26. The van der Waals surface area contributed by atoms with Gasteiger partial charge in [0, 0.05) is 22.7 Å². The molecule has 1 fully saturated rings. The molecule has 1 aliphatic carbocycles. The summed E-state index contributed by atoms with van der Waals surface area (Å²) < 4.78 is 0. The lowest BCUT2D eigenvalue weighted by Gasteiger charge is -2.21. The third kappa shape index (κ3) is 2.85. The molecule has 0 aromatic heterocycles. The van der Waals surface area contributed by atoms with Crippen LogP contribution in [0.5, 0.6) is 0 Å². The van der Waals surface area contributed by atoms with E-state index in [0.29, 0.717) is 6.04 Å². The van der Waals surface area contributed by atoms with Crippen LogP contribution in [0, 0.1) is 0 Å². The highest BCUT2D eigenvalue weighted by molar-refractivity contribution is 7.99. The van der Waals surface area contributed by atoms with Crippen molar-refractivity contribution in [3.05, 3.63) is 24.3 Å². The van der Waals surface area contributed by atoms with Gasteiger partial charge >= 0.3 is 0 Å². The van der Waals surface area contributed by atoms with Crippen molar-refractivity contribution in [2.24, 2.45) is 0 Å². The lowest BCUT2D eigenvalue weighted by atomic mass is 10.2. The number of hydrogen-bond acceptors (Lipinski definition) is 3. The van der Waals surface area contributed by atoms with E-state index < -0.39 is 0 Å². The molecule has 1 aliphatic rings. The van der Waals surface area contributed by atoms with Crippen LogP contribution in [0.15, 0.2) is 24.3 Å². The van der Waals surface area contributed by atoms with Crippen molar-refractivity contribution < 1.29 is 0 Å². The second-order valence-corrected chi connectivity index (χ2v) is 5.81. The zero-order chi connectivity index (χ0) is 11.4. The fraction of sp³-hybridized carbons (Fsp3) is 0.538. The highest BCUT2D eigenvalue weighted by Crippen LogP contribution is 2.32. The normalized spacial score (nSPS) is 24.6. The Labute approximate surface area is 102 Å². The van der Waals surface area contributed by atoms with E-state index in [-0.39, 0.29) is 0 Å². The Kier molecular flexibility index (Phi) is 3.99. The van der Waals surface area contributed by atoms with Crippen molar-refractivity contribution in [2.45, 2.75) is 37.5 Å². The van der Waals surface area contributed by atoms with Crippen LogP contribution >= 0.6 is 11.8 Å². The predicted molar refractivity (Wildman–Crippen MR) is 74.0 cm³/mol. The SMILES string of the molecule is CCSC1CCCC1Nc1ccc(N)cc1. The van der Waals surface area contributed by atoms with E-state index in [4.69, 9.17) is 5.73 Å². The van der Waals surface area contributed by atoms with Gasteiger partial charge in [0.05, 0.1) is 0 Å². The van der Waals surface area contributed by atoms with Crippen molar-refractivity contribution in [1.82, 2.24) is 0 Å². The molecular formula is C13H20N2S. The fourth-order valence-corrected chi connectivity index (χ4v) is 3.50. The Bertz CT molecular complexity index is 323. The molecule has 2 unspecified atom stereocenters. The molecule has 3 heteroatoms. The van der Waals surface area contributed by atoms with Gasteiger partial charge in [-0.15, -0.1) is 0 Å². The second kappa shape index (κ2) is 5.48. The largest absolute Gasteiger partial charge is 0.399 e. The molecule has 88 valence electrons. The van der Waals surface area contributed by atoms with Gasteiger partial charge in [-0.05, 0) is 42.9 Å². The maximum atomic E-state index is 5.68. The van der Waals surface area contributed by atoms with Gasteiger partial charge in [-0.25, -0.2) is 0 Å². The number of thioether (sulfide) groups is 1. The lowest BCUT2D eigenvalue weighted by molar-refractivity contribution is 0.768. The van der Waals surface area contributed by atoms with Crippen molar-refractivity contribution in [3.8, 4) is 0 Å². The third-order valence-corrected chi connectivity index (χ3v) is 4.42. The van der Waals surface area contributed by atoms with E-state index in [1.54, 1.807) is 0 Å². The maximum absolute atomic E-state index is 5.68. The van der Waals surface area contributed by atoms with Crippen LogP contribution < -0.4 is 11.1 Å². The van der Waals surface area contributed by atoms with Gasteiger partial charge in [-0.3, -0.25) is 0 Å². The first-order valence-corrected chi connectivity index (χ1v) is 7.08. The van der Waals surface area contributed by atoms with Crippen molar-refractivity contribution in [2.75, 3.05) is 16.8 Å². The fourth-order valence-electron chi connectivity index (χ4n) is 2.30. The van der Waals surface area contributed by atoms with Crippen LogP contribution in [0.2, 0.25) is 0 Å². The molecule has 1 aromatic carbocycles. The second-order valence-electron chi connectivity index (χ2n) is 4.30. The summed E-state index contributed by atoms with van der Waals surface area (Å²) in [6.45, 7) is 2.24. The molecule has 3 N–H and O–H groups in total. The first-order valence-electron chi connectivity index (χ1n) is 6.03. The lowest BCUT2D eigenvalue weighted by Crippen LogP contribution is -2.26. The molecule has 0 heterocycles. The zero-order valence-corrected chi connectivity index (χ0v) is 10.6. The molecule has 2 nitrogen and oxygen atoms in total. The standard InChI is InChI=1S/C13H20N2S/c1-2-16-13-5-3-4-12(13)15-11-8-6-10(14)7-9-11/h6-9,12-13,15H,2-5,14H2,1H3. The number of nitrogens with two attached hydrogens (primary N) is 1. The number of benzene rings is 1. The Morgan fingerprint density at radius 2 is 2.06 bits per heavy atom. The van der Waals surface area contributed by atoms with E-state index in [1.807, 2.05) is 12.1 Å². The molecule has 2 atom stereocenters. The Morgan fingerprint density at radius 1 is 1.31 bits per heavy atom. The van der Waals surface area contributed by atoms with E-state index >= 15 is 0 Å². The van der Waals surface area contributed by atoms with Crippen LogP contribution in [0.4, 0.5) is 11.4 Å². The van der Waals surface area contributed by atoms with Crippen LogP contribution in [0.1, 0.15) is 26.2 Å². The van der Waals surface area contributed by atoms with Gasteiger partial charge in [0.2, 0.25) is 0 Å². The minimum atomic E-state index is 0.633. The average Bonchev–Trinajstić information content (AvgIpc) is 2.70. The molecule has 0 saturated heterocycles. The minimum Gasteiger partial charge on any atom is -0.399 e. The molecule has 0 amide bonds. The van der Waals surface area contributed by atoms with Gasteiger partial charge in [0.1, 0.15) is 0 Å². The Hall–Kier alpha value is -0.830.